The minimum atomic E-state index is -1.63. The highest BCUT2D eigenvalue weighted by Gasteiger charge is 2.47. The van der Waals surface area contributed by atoms with Gasteiger partial charge in [-0.2, -0.15) is 0 Å². The topological polar surface area (TPSA) is 98.9 Å². The van der Waals surface area contributed by atoms with Gasteiger partial charge in [0.25, 0.3) is 0 Å². The van der Waals surface area contributed by atoms with Crippen LogP contribution in [0.2, 0.25) is 0 Å². The number of hydrogen-bond acceptors (Lipinski definition) is 6. The Hall–Kier alpha value is -1.83. The number of Topliss-reactive ketones (excluding diaryl/α,β-unsaturated/α-hetero) is 1. The summed E-state index contributed by atoms with van der Waals surface area (Å²) in [5.41, 5.74) is 0.855. The average Bonchev–Trinajstić information content (AvgIpc) is 2.77. The maximum Gasteiger partial charge on any atom is 0.247 e. The zero-order valence-corrected chi connectivity index (χ0v) is 19.9. The van der Waals surface area contributed by atoms with E-state index in [-0.39, 0.29) is 24.4 Å². The molecule has 0 unspecified atom stereocenters. The van der Waals surface area contributed by atoms with Gasteiger partial charge in [0.05, 0.1) is 19.8 Å². The normalized spacial score (nSPS) is 23.5. The molecule has 5 atom stereocenters. The number of aliphatic hydroxyl groups is 1. The summed E-state index contributed by atoms with van der Waals surface area (Å²) in [6.45, 7) is 9.67. The van der Waals surface area contributed by atoms with Crippen LogP contribution in [0.4, 0.5) is 0 Å². The number of aliphatic hydroxyl groups excluding tert-OH is 1. The summed E-state index contributed by atoms with van der Waals surface area (Å²) in [4.78, 5) is 24.6. The number of rotatable bonds is 13. The fraction of sp³-hybridized carbons (Fsp3) is 0.720. The lowest BCUT2D eigenvalue weighted by Gasteiger charge is -2.44. The molecule has 180 valence electrons. The SMILES string of the molecule is CCOCCOCC[C@H]([C@@H](O)C(=O)[C@@H]1C[C@H](C)CC[C@@H]1C(C)(C)c1ccccc1)[N+](=O)[O-]. The van der Waals surface area contributed by atoms with Crippen LogP contribution in [-0.2, 0) is 19.7 Å². The Bertz CT molecular complexity index is 722. The van der Waals surface area contributed by atoms with Crippen molar-refractivity contribution in [1.29, 1.82) is 0 Å². The highest BCUT2D eigenvalue weighted by molar-refractivity contribution is 5.86. The van der Waals surface area contributed by atoms with E-state index >= 15 is 0 Å². The number of ketones is 1. The van der Waals surface area contributed by atoms with E-state index in [1.54, 1.807) is 0 Å². The first-order valence-corrected chi connectivity index (χ1v) is 11.8. The Balaban J connectivity index is 2.13. The number of nitro groups is 1. The van der Waals surface area contributed by atoms with Crippen molar-refractivity contribution < 1.29 is 24.3 Å². The van der Waals surface area contributed by atoms with Gasteiger partial charge in [0.15, 0.2) is 11.9 Å². The Labute approximate surface area is 191 Å². The van der Waals surface area contributed by atoms with Crippen LogP contribution in [0.5, 0.6) is 0 Å². The molecular formula is C25H39NO6. The fourth-order valence-electron chi connectivity index (χ4n) is 5.00. The molecule has 1 fully saturated rings. The maximum atomic E-state index is 13.4. The van der Waals surface area contributed by atoms with Gasteiger partial charge in [0.1, 0.15) is 0 Å². The van der Waals surface area contributed by atoms with Gasteiger partial charge in [-0.1, -0.05) is 57.5 Å². The van der Waals surface area contributed by atoms with Crippen LogP contribution in [0.1, 0.15) is 58.9 Å². The molecule has 0 spiro atoms. The van der Waals surface area contributed by atoms with E-state index < -0.39 is 28.8 Å². The van der Waals surface area contributed by atoms with Crippen LogP contribution < -0.4 is 0 Å². The summed E-state index contributed by atoms with van der Waals surface area (Å²) < 4.78 is 10.6. The molecule has 0 aliphatic heterocycles. The third-order valence-corrected chi connectivity index (χ3v) is 6.98. The zero-order chi connectivity index (χ0) is 23.7. The van der Waals surface area contributed by atoms with Gasteiger partial charge >= 0.3 is 0 Å². The van der Waals surface area contributed by atoms with E-state index in [1.165, 1.54) is 0 Å². The Morgan fingerprint density at radius 1 is 1.19 bits per heavy atom. The lowest BCUT2D eigenvalue weighted by atomic mass is 9.59. The van der Waals surface area contributed by atoms with Crippen molar-refractivity contribution in [3.8, 4) is 0 Å². The van der Waals surface area contributed by atoms with Crippen LogP contribution in [0, 0.1) is 27.9 Å². The van der Waals surface area contributed by atoms with Gasteiger partial charge < -0.3 is 14.6 Å². The van der Waals surface area contributed by atoms with E-state index in [1.807, 2.05) is 25.1 Å². The number of hydrogen-bond donors (Lipinski definition) is 1. The van der Waals surface area contributed by atoms with Crippen molar-refractivity contribution in [3.63, 3.8) is 0 Å². The van der Waals surface area contributed by atoms with E-state index in [9.17, 15) is 20.0 Å². The average molecular weight is 450 g/mol. The van der Waals surface area contributed by atoms with Gasteiger partial charge in [-0.15, -0.1) is 0 Å². The number of carbonyl (C=O) groups excluding carboxylic acids is 1. The summed E-state index contributed by atoms with van der Waals surface area (Å²) in [6, 6.07) is 8.70. The second kappa shape index (κ2) is 12.4. The smallest absolute Gasteiger partial charge is 0.247 e. The molecule has 0 radical (unpaired) electrons. The van der Waals surface area contributed by atoms with Crippen LogP contribution in [-0.4, -0.2) is 54.4 Å². The van der Waals surface area contributed by atoms with Crippen molar-refractivity contribution in [2.45, 2.75) is 70.9 Å². The molecule has 0 amide bonds. The van der Waals surface area contributed by atoms with Crippen molar-refractivity contribution in [3.05, 3.63) is 46.0 Å². The molecule has 2 rings (SSSR count). The molecule has 32 heavy (non-hydrogen) atoms. The third-order valence-electron chi connectivity index (χ3n) is 6.98. The quantitative estimate of drug-likeness (QED) is 0.277. The fourth-order valence-corrected chi connectivity index (χ4v) is 5.00. The highest BCUT2D eigenvalue weighted by Crippen LogP contribution is 2.46. The molecule has 1 aromatic rings. The van der Waals surface area contributed by atoms with Crippen LogP contribution in [0.3, 0.4) is 0 Å². The molecule has 7 nitrogen and oxygen atoms in total. The molecule has 1 aliphatic carbocycles. The molecular weight excluding hydrogens is 410 g/mol. The summed E-state index contributed by atoms with van der Waals surface area (Å²) in [5, 5.41) is 22.5. The molecule has 1 saturated carbocycles. The van der Waals surface area contributed by atoms with Crippen LogP contribution >= 0.6 is 0 Å². The van der Waals surface area contributed by atoms with E-state index in [2.05, 4.69) is 32.9 Å². The first kappa shape index (κ1) is 26.4. The van der Waals surface area contributed by atoms with Gasteiger partial charge in [-0.3, -0.25) is 14.9 Å². The molecule has 7 heteroatoms. The van der Waals surface area contributed by atoms with Crippen molar-refractivity contribution in [1.82, 2.24) is 0 Å². The van der Waals surface area contributed by atoms with Gasteiger partial charge in [-0.05, 0) is 42.6 Å². The lowest BCUT2D eigenvalue weighted by molar-refractivity contribution is -0.532. The Kier molecular flexibility index (Phi) is 10.3. The minimum absolute atomic E-state index is 0.0121. The van der Waals surface area contributed by atoms with Crippen molar-refractivity contribution >= 4 is 5.78 Å². The largest absolute Gasteiger partial charge is 0.379 e. The van der Waals surface area contributed by atoms with Crippen molar-refractivity contribution in [2.24, 2.45) is 17.8 Å². The predicted molar refractivity (Wildman–Crippen MR) is 123 cm³/mol. The second-order valence-electron chi connectivity index (χ2n) is 9.52. The third kappa shape index (κ3) is 6.83. The number of carbonyl (C=O) groups is 1. The monoisotopic (exact) mass is 449 g/mol. The van der Waals surface area contributed by atoms with E-state index in [0.717, 1.165) is 18.4 Å². The van der Waals surface area contributed by atoms with E-state index in [0.29, 0.717) is 32.2 Å². The number of ether oxygens (including phenoxy) is 2. The molecule has 1 N–H and O–H groups in total. The van der Waals surface area contributed by atoms with Gasteiger partial charge in [0, 0.05) is 23.9 Å². The lowest BCUT2D eigenvalue weighted by Crippen LogP contribution is -2.49. The molecule has 0 bridgehead atoms. The van der Waals surface area contributed by atoms with Gasteiger partial charge in [0.2, 0.25) is 6.04 Å². The number of benzene rings is 1. The van der Waals surface area contributed by atoms with Gasteiger partial charge in [-0.25, -0.2) is 0 Å². The standard InChI is InChI=1S/C25H39NO6/c1-5-31-15-16-32-14-13-22(26(29)30)24(28)23(27)20-17-18(2)11-12-21(20)25(3,4)19-9-7-6-8-10-19/h6-10,18,20-22,24,28H,5,11-17H2,1-4H3/t18-,20-,21+,22-,24-/m1/s1. The first-order chi connectivity index (χ1) is 15.2. The summed E-state index contributed by atoms with van der Waals surface area (Å²) in [5.74, 6) is -0.458. The van der Waals surface area contributed by atoms with Crippen LogP contribution in [0.25, 0.3) is 0 Å². The highest BCUT2D eigenvalue weighted by atomic mass is 16.6. The zero-order valence-electron chi connectivity index (χ0n) is 19.9. The molecule has 1 aliphatic rings. The molecule has 0 heterocycles. The molecule has 0 aromatic heterocycles. The minimum Gasteiger partial charge on any atom is -0.379 e. The number of nitrogens with zero attached hydrogens (tertiary/aromatic N) is 1. The Morgan fingerprint density at radius 3 is 2.47 bits per heavy atom. The molecule has 0 saturated heterocycles. The van der Waals surface area contributed by atoms with Crippen molar-refractivity contribution in [2.75, 3.05) is 26.4 Å². The summed E-state index contributed by atoms with van der Waals surface area (Å²) in [7, 11) is 0. The maximum absolute atomic E-state index is 13.4. The predicted octanol–water partition coefficient (Wildman–Crippen LogP) is 4.04. The van der Waals surface area contributed by atoms with Crippen LogP contribution in [0.15, 0.2) is 30.3 Å². The summed E-state index contributed by atoms with van der Waals surface area (Å²) in [6.07, 6.45) is 0.862. The Morgan fingerprint density at radius 2 is 1.84 bits per heavy atom. The summed E-state index contributed by atoms with van der Waals surface area (Å²) >= 11 is 0. The second-order valence-corrected chi connectivity index (χ2v) is 9.52. The van der Waals surface area contributed by atoms with E-state index in [4.69, 9.17) is 9.47 Å². The first-order valence-electron chi connectivity index (χ1n) is 11.8. The molecule has 1 aromatic carbocycles.